The van der Waals surface area contributed by atoms with Gasteiger partial charge in [-0.15, -0.1) is 0 Å². The van der Waals surface area contributed by atoms with Crippen molar-refractivity contribution in [1.82, 2.24) is 31.5 Å². The van der Waals surface area contributed by atoms with Gasteiger partial charge < -0.3 is 50.8 Å². The van der Waals surface area contributed by atoms with Crippen LogP contribution in [-0.4, -0.2) is 104 Å². The molecule has 5 N–H and O–H groups in total. The standard InChI is InChI=1S/C32H44N4O4.C30H33N5O4/c1-7-40-24-16-15-22-18-27(30(38)34-26-14-10-12-21-11-8-9-13-25(21)26)36(19-23(22)17-24)31(39)28(32(3,4)5)35-29(37)20(2)33-6;1-6-27(36)35-19(3)28(33-29(37)18(2)32-4)30(38)34(24-13-11-20(16-31)15-25(24)35)17-23-22-10-8-7-9-21(22)12-14-26(23)39-5/h8-9,11,13,15-17,20,26-28,33H,7,10,12,14,18-19H2,1-6H3,(H,34,38)(H,35,37);7-15,18-19,28,32H,6,17H2,1-5H3,(H,33,37). The molecule has 79 heavy (non-hydrogen) atoms. The van der Waals surface area contributed by atoms with Gasteiger partial charge in [0.15, 0.2) is 0 Å². The number of fused-ring (bicyclic) bond motifs is 4. The summed E-state index contributed by atoms with van der Waals surface area (Å²) in [5.74, 6) is -0.301. The third kappa shape index (κ3) is 13.0. The van der Waals surface area contributed by atoms with Crippen LogP contribution >= 0.6 is 0 Å². The first-order valence-electron chi connectivity index (χ1n) is 27.4. The summed E-state index contributed by atoms with van der Waals surface area (Å²) in [4.78, 5) is 86.6. The number of benzene rings is 5. The van der Waals surface area contributed by atoms with Gasteiger partial charge in [0.25, 0.3) is 5.91 Å². The number of nitriles is 1. The third-order valence-electron chi connectivity index (χ3n) is 15.4. The van der Waals surface area contributed by atoms with Gasteiger partial charge in [0.2, 0.25) is 29.5 Å². The number of carbonyl (C=O) groups is 6. The largest absolute Gasteiger partial charge is 0.496 e. The maximum absolute atomic E-state index is 14.4. The summed E-state index contributed by atoms with van der Waals surface area (Å²) in [6.07, 6.45) is 3.44. The number of methoxy groups -OCH3 is 1. The molecule has 3 aliphatic rings. The fourth-order valence-corrected chi connectivity index (χ4v) is 10.7. The van der Waals surface area contributed by atoms with E-state index >= 15 is 0 Å². The minimum absolute atomic E-state index is 0.0919. The van der Waals surface area contributed by atoms with Crippen molar-refractivity contribution in [1.29, 1.82) is 5.26 Å². The molecular weight excluding hydrogens is 999 g/mol. The Bertz CT molecular complexity index is 3110. The molecule has 17 nitrogen and oxygen atoms in total. The van der Waals surface area contributed by atoms with Crippen molar-refractivity contribution in [2.24, 2.45) is 5.41 Å². The lowest BCUT2D eigenvalue weighted by molar-refractivity contribution is -0.147. The normalized spacial score (nSPS) is 18.9. The second kappa shape index (κ2) is 25.8. The van der Waals surface area contributed by atoms with Crippen molar-refractivity contribution in [2.45, 2.75) is 143 Å². The number of nitrogens with one attached hydrogen (secondary N) is 5. The maximum Gasteiger partial charge on any atom is 0.252 e. The van der Waals surface area contributed by atoms with Gasteiger partial charge in [-0.05, 0) is 136 Å². The number of nitrogens with zero attached hydrogens (tertiary/aromatic N) is 4. The minimum Gasteiger partial charge on any atom is -0.496 e. The molecule has 0 saturated heterocycles. The molecule has 0 fully saturated rings. The van der Waals surface area contributed by atoms with Gasteiger partial charge in [0.1, 0.15) is 29.6 Å². The molecule has 7 atom stereocenters. The summed E-state index contributed by atoms with van der Waals surface area (Å²) in [7, 11) is 4.95. The average molecular weight is 1080 g/mol. The highest BCUT2D eigenvalue weighted by Gasteiger charge is 2.45. The summed E-state index contributed by atoms with van der Waals surface area (Å²) in [5, 5.41) is 26.5. The topological polar surface area (TPSA) is 215 Å². The second-order valence-electron chi connectivity index (χ2n) is 21.6. The van der Waals surface area contributed by atoms with E-state index in [4.69, 9.17) is 9.47 Å². The zero-order valence-electron chi connectivity index (χ0n) is 47.5. The van der Waals surface area contributed by atoms with Gasteiger partial charge >= 0.3 is 0 Å². The highest BCUT2D eigenvalue weighted by Crippen LogP contribution is 2.40. The van der Waals surface area contributed by atoms with Crippen LogP contribution in [0.25, 0.3) is 10.8 Å². The van der Waals surface area contributed by atoms with E-state index in [1.807, 2.05) is 94.4 Å². The van der Waals surface area contributed by atoms with Crippen molar-refractivity contribution in [3.05, 3.63) is 130 Å². The van der Waals surface area contributed by atoms with Crippen molar-refractivity contribution in [3.8, 4) is 17.6 Å². The van der Waals surface area contributed by atoms with Crippen molar-refractivity contribution in [3.63, 3.8) is 0 Å². The number of amides is 6. The quantitative estimate of drug-likeness (QED) is 0.0709. The van der Waals surface area contributed by atoms with E-state index < -0.39 is 41.7 Å². The first-order chi connectivity index (χ1) is 37.8. The molecule has 7 unspecified atom stereocenters. The zero-order valence-corrected chi connectivity index (χ0v) is 47.5. The van der Waals surface area contributed by atoms with Gasteiger partial charge in [-0.1, -0.05) is 88.4 Å². The fourth-order valence-electron chi connectivity index (χ4n) is 10.7. The Labute approximate surface area is 464 Å². The Morgan fingerprint density at radius 2 is 1.53 bits per heavy atom. The maximum atomic E-state index is 14.4. The Hall–Kier alpha value is -7.81. The van der Waals surface area contributed by atoms with Crippen molar-refractivity contribution < 1.29 is 38.2 Å². The first kappa shape index (κ1) is 58.9. The lowest BCUT2D eigenvalue weighted by Gasteiger charge is -2.41. The van der Waals surface area contributed by atoms with Crippen LogP contribution in [0.2, 0.25) is 0 Å². The number of carbonyl (C=O) groups excluding carboxylic acids is 6. The summed E-state index contributed by atoms with van der Waals surface area (Å²) < 4.78 is 11.4. The fraction of sp³-hybridized carbons (Fsp3) is 0.435. The lowest BCUT2D eigenvalue weighted by atomic mass is 9.83. The molecule has 2 heterocycles. The van der Waals surface area contributed by atoms with Crippen LogP contribution in [0.5, 0.6) is 11.5 Å². The van der Waals surface area contributed by atoms with E-state index in [0.29, 0.717) is 35.7 Å². The number of hydrogen-bond acceptors (Lipinski definition) is 11. The predicted octanol–water partition coefficient (Wildman–Crippen LogP) is 7.16. The smallest absolute Gasteiger partial charge is 0.252 e. The molecule has 0 saturated carbocycles. The Morgan fingerprint density at radius 1 is 0.823 bits per heavy atom. The molecule has 1 aliphatic carbocycles. The summed E-state index contributed by atoms with van der Waals surface area (Å²) in [6.45, 7) is 15.6. The Kier molecular flexibility index (Phi) is 19.2. The van der Waals surface area contributed by atoms with Crippen LogP contribution in [0.4, 0.5) is 11.4 Å². The second-order valence-corrected chi connectivity index (χ2v) is 21.6. The lowest BCUT2D eigenvalue weighted by Crippen LogP contribution is -2.62. The molecule has 5 aromatic carbocycles. The van der Waals surface area contributed by atoms with Crippen LogP contribution in [0, 0.1) is 16.7 Å². The molecule has 6 amide bonds. The van der Waals surface area contributed by atoms with Crippen molar-refractivity contribution >= 4 is 57.6 Å². The summed E-state index contributed by atoms with van der Waals surface area (Å²) in [5.41, 5.74) is 5.88. The Morgan fingerprint density at radius 3 is 2.22 bits per heavy atom. The number of rotatable bonds is 15. The number of likely N-dealkylation sites (N-methyl/N-ethyl adjacent to an activating group) is 2. The number of aryl methyl sites for hydroxylation is 1. The van der Waals surface area contributed by atoms with E-state index in [0.717, 1.165) is 58.0 Å². The number of hydrogen-bond donors (Lipinski definition) is 5. The van der Waals surface area contributed by atoms with Gasteiger partial charge in [-0.25, -0.2) is 0 Å². The minimum atomic E-state index is -1.04. The van der Waals surface area contributed by atoms with Crippen molar-refractivity contribution in [2.75, 3.05) is 37.6 Å². The molecule has 0 aromatic heterocycles. The third-order valence-corrected chi connectivity index (χ3v) is 15.4. The van der Waals surface area contributed by atoms with Gasteiger partial charge in [-0.3, -0.25) is 28.8 Å². The van der Waals surface area contributed by atoms with E-state index in [1.54, 1.807) is 76.9 Å². The first-order valence-corrected chi connectivity index (χ1v) is 27.4. The monoisotopic (exact) mass is 1080 g/mol. The van der Waals surface area contributed by atoms with E-state index in [-0.39, 0.29) is 61.0 Å². The molecular formula is C62H77N9O8. The SMILES string of the molecule is CCC(=O)N1c2cc(C#N)ccc2N(Cc2c(OC)ccc3ccccc23)C(=O)C(NC(=O)C(C)NC)C1C.CCOc1ccc2c(c1)CN(C(=O)C(NC(=O)C(C)NC)C(C)(C)C)C(C(=O)NC1CCCc3ccccc31)C2. The van der Waals surface area contributed by atoms with Crippen LogP contribution in [-0.2, 0) is 54.7 Å². The van der Waals surface area contributed by atoms with Crippen LogP contribution in [0.15, 0.2) is 97.1 Å². The Balaban J connectivity index is 0.000000229. The summed E-state index contributed by atoms with van der Waals surface area (Å²) >= 11 is 0. The number of ether oxygens (including phenoxy) is 2. The molecule has 0 radical (unpaired) electrons. The van der Waals surface area contributed by atoms with Gasteiger partial charge in [0, 0.05) is 24.9 Å². The van der Waals surface area contributed by atoms with E-state index in [1.165, 1.54) is 10.5 Å². The van der Waals surface area contributed by atoms with Crippen LogP contribution in [0.3, 0.4) is 0 Å². The zero-order chi connectivity index (χ0) is 57.3. The predicted molar refractivity (Wildman–Crippen MR) is 306 cm³/mol. The highest BCUT2D eigenvalue weighted by molar-refractivity contribution is 6.09. The molecule has 0 spiro atoms. The van der Waals surface area contributed by atoms with Crippen LogP contribution in [0.1, 0.15) is 114 Å². The van der Waals surface area contributed by atoms with E-state index in [9.17, 15) is 34.0 Å². The average Bonchev–Trinajstić information content (AvgIpc) is 3.56. The molecule has 0 bridgehead atoms. The van der Waals surface area contributed by atoms with Crippen LogP contribution < -0.4 is 45.9 Å². The molecule has 5 aromatic rings. The summed E-state index contributed by atoms with van der Waals surface area (Å²) in [6, 6.07) is 28.5. The van der Waals surface area contributed by atoms with Gasteiger partial charge in [-0.2, -0.15) is 5.26 Å². The molecule has 8 rings (SSSR count). The highest BCUT2D eigenvalue weighted by atomic mass is 16.5. The van der Waals surface area contributed by atoms with Gasteiger partial charge in [0.05, 0.1) is 67.4 Å². The molecule has 418 valence electrons. The molecule has 17 heteroatoms. The number of anilines is 2. The van der Waals surface area contributed by atoms with E-state index in [2.05, 4.69) is 44.8 Å². The molecule has 2 aliphatic heterocycles.